The minimum Gasteiger partial charge on any atom is -0.378 e. The summed E-state index contributed by atoms with van der Waals surface area (Å²) in [7, 11) is 0. The molecule has 1 aliphatic heterocycles. The Morgan fingerprint density at radius 1 is 1.04 bits per heavy atom. The molecule has 23 heavy (non-hydrogen) atoms. The molecule has 0 spiro atoms. The fourth-order valence-corrected chi connectivity index (χ4v) is 3.41. The van der Waals surface area contributed by atoms with Crippen molar-refractivity contribution < 1.29 is 4.74 Å². The quantitative estimate of drug-likeness (QED) is 0.732. The van der Waals surface area contributed by atoms with Gasteiger partial charge in [-0.05, 0) is 37.0 Å². The first-order valence-electron chi connectivity index (χ1n) is 8.38. The third-order valence-corrected chi connectivity index (χ3v) is 4.62. The SMILES string of the molecule is c1ccc(C(CC2CCCCO2)n2nnc3ccccc32)cc1. The largest absolute Gasteiger partial charge is 0.378 e. The lowest BCUT2D eigenvalue weighted by Crippen LogP contribution is -2.25. The Labute approximate surface area is 136 Å². The zero-order valence-electron chi connectivity index (χ0n) is 13.1. The lowest BCUT2D eigenvalue weighted by atomic mass is 9.96. The van der Waals surface area contributed by atoms with E-state index in [9.17, 15) is 0 Å². The van der Waals surface area contributed by atoms with E-state index in [1.54, 1.807) is 0 Å². The van der Waals surface area contributed by atoms with Gasteiger partial charge in [-0.1, -0.05) is 47.7 Å². The highest BCUT2D eigenvalue weighted by molar-refractivity contribution is 5.74. The summed E-state index contributed by atoms with van der Waals surface area (Å²) in [5.41, 5.74) is 3.28. The molecule has 1 fully saturated rings. The Kier molecular flexibility index (Phi) is 4.07. The van der Waals surface area contributed by atoms with Gasteiger partial charge in [0.25, 0.3) is 0 Å². The van der Waals surface area contributed by atoms with Crippen LogP contribution in [0, 0.1) is 0 Å². The molecule has 1 saturated heterocycles. The van der Waals surface area contributed by atoms with Crippen LogP contribution in [0.2, 0.25) is 0 Å². The molecule has 118 valence electrons. The van der Waals surface area contributed by atoms with E-state index in [0.717, 1.165) is 30.5 Å². The van der Waals surface area contributed by atoms with Crippen LogP contribution in [0.3, 0.4) is 0 Å². The van der Waals surface area contributed by atoms with E-state index < -0.39 is 0 Å². The van der Waals surface area contributed by atoms with Crippen molar-refractivity contribution >= 4 is 11.0 Å². The fraction of sp³-hybridized carbons (Fsp3) is 0.368. The predicted octanol–water partition coefficient (Wildman–Crippen LogP) is 3.98. The monoisotopic (exact) mass is 307 g/mol. The molecule has 3 aromatic rings. The summed E-state index contributed by atoms with van der Waals surface area (Å²) in [6.45, 7) is 0.879. The van der Waals surface area contributed by atoms with Crippen LogP contribution in [-0.4, -0.2) is 27.7 Å². The van der Waals surface area contributed by atoms with Crippen molar-refractivity contribution in [3.8, 4) is 0 Å². The Morgan fingerprint density at radius 2 is 1.87 bits per heavy atom. The Balaban J connectivity index is 1.72. The second-order valence-electron chi connectivity index (χ2n) is 6.17. The van der Waals surface area contributed by atoms with E-state index in [1.807, 2.05) is 18.2 Å². The van der Waals surface area contributed by atoms with Crippen LogP contribution in [0.25, 0.3) is 11.0 Å². The molecule has 1 aliphatic rings. The van der Waals surface area contributed by atoms with Crippen molar-refractivity contribution in [2.45, 2.75) is 37.8 Å². The molecule has 1 aromatic heterocycles. The predicted molar refractivity (Wildman–Crippen MR) is 90.3 cm³/mol. The van der Waals surface area contributed by atoms with E-state index in [-0.39, 0.29) is 6.04 Å². The van der Waals surface area contributed by atoms with Crippen LogP contribution >= 0.6 is 0 Å². The van der Waals surface area contributed by atoms with E-state index in [1.165, 1.54) is 18.4 Å². The second kappa shape index (κ2) is 6.50. The van der Waals surface area contributed by atoms with Gasteiger partial charge in [-0.2, -0.15) is 0 Å². The van der Waals surface area contributed by atoms with Gasteiger partial charge in [0, 0.05) is 13.0 Å². The van der Waals surface area contributed by atoms with Crippen molar-refractivity contribution in [2.24, 2.45) is 0 Å². The zero-order valence-corrected chi connectivity index (χ0v) is 13.1. The maximum atomic E-state index is 5.98. The zero-order chi connectivity index (χ0) is 15.5. The normalized spacial score (nSPS) is 19.7. The summed E-state index contributed by atoms with van der Waals surface area (Å²) >= 11 is 0. The van der Waals surface area contributed by atoms with Crippen LogP contribution in [0.4, 0.5) is 0 Å². The molecule has 2 unspecified atom stereocenters. The van der Waals surface area contributed by atoms with E-state index in [4.69, 9.17) is 4.74 Å². The van der Waals surface area contributed by atoms with Gasteiger partial charge in [-0.15, -0.1) is 5.10 Å². The lowest BCUT2D eigenvalue weighted by Gasteiger charge is -2.27. The molecule has 2 atom stereocenters. The first-order valence-corrected chi connectivity index (χ1v) is 8.38. The first kappa shape index (κ1) is 14.4. The molecule has 4 heteroatoms. The van der Waals surface area contributed by atoms with Gasteiger partial charge in [0.15, 0.2) is 0 Å². The number of fused-ring (bicyclic) bond motifs is 1. The number of hydrogen-bond donors (Lipinski definition) is 0. The third-order valence-electron chi connectivity index (χ3n) is 4.62. The number of benzene rings is 2. The van der Waals surface area contributed by atoms with Gasteiger partial charge in [-0.3, -0.25) is 0 Å². The maximum absolute atomic E-state index is 5.98. The van der Waals surface area contributed by atoms with Crippen LogP contribution < -0.4 is 0 Å². The molecule has 0 saturated carbocycles. The van der Waals surface area contributed by atoms with Crippen LogP contribution in [0.5, 0.6) is 0 Å². The molecule has 4 nitrogen and oxygen atoms in total. The number of hydrogen-bond acceptors (Lipinski definition) is 3. The molecule has 2 heterocycles. The Bertz CT molecular complexity index is 762. The van der Waals surface area contributed by atoms with Crippen molar-refractivity contribution in [1.29, 1.82) is 0 Å². The molecule has 4 rings (SSSR count). The number of aromatic nitrogens is 3. The van der Waals surface area contributed by atoms with Gasteiger partial charge in [0.05, 0.1) is 17.7 Å². The second-order valence-corrected chi connectivity index (χ2v) is 6.17. The smallest absolute Gasteiger partial charge is 0.113 e. The van der Waals surface area contributed by atoms with Gasteiger partial charge in [0.1, 0.15) is 5.52 Å². The summed E-state index contributed by atoms with van der Waals surface area (Å²) in [5.74, 6) is 0. The Morgan fingerprint density at radius 3 is 2.70 bits per heavy atom. The maximum Gasteiger partial charge on any atom is 0.113 e. The topological polar surface area (TPSA) is 39.9 Å². The summed E-state index contributed by atoms with van der Waals surface area (Å²) in [4.78, 5) is 0. The third kappa shape index (κ3) is 2.99. The Hall–Kier alpha value is -2.20. The first-order chi connectivity index (χ1) is 11.4. The molecular weight excluding hydrogens is 286 g/mol. The van der Waals surface area contributed by atoms with Gasteiger partial charge >= 0.3 is 0 Å². The van der Waals surface area contributed by atoms with E-state index >= 15 is 0 Å². The summed E-state index contributed by atoms with van der Waals surface area (Å²) in [6, 6.07) is 18.9. The highest BCUT2D eigenvalue weighted by atomic mass is 16.5. The van der Waals surface area contributed by atoms with Crippen LogP contribution in [0.1, 0.15) is 37.3 Å². The summed E-state index contributed by atoms with van der Waals surface area (Å²) in [6.07, 6.45) is 4.81. The average molecular weight is 307 g/mol. The van der Waals surface area contributed by atoms with Gasteiger partial charge in [0.2, 0.25) is 0 Å². The highest BCUT2D eigenvalue weighted by Crippen LogP contribution is 2.29. The van der Waals surface area contributed by atoms with Crippen molar-refractivity contribution in [1.82, 2.24) is 15.0 Å². The van der Waals surface area contributed by atoms with Crippen molar-refractivity contribution in [3.63, 3.8) is 0 Å². The molecular formula is C19H21N3O. The highest BCUT2D eigenvalue weighted by Gasteiger charge is 2.24. The van der Waals surface area contributed by atoms with Crippen LogP contribution in [-0.2, 0) is 4.74 Å². The van der Waals surface area contributed by atoms with Gasteiger partial charge < -0.3 is 4.74 Å². The molecule has 2 aromatic carbocycles. The van der Waals surface area contributed by atoms with Gasteiger partial charge in [-0.25, -0.2) is 4.68 Å². The van der Waals surface area contributed by atoms with Crippen molar-refractivity contribution in [2.75, 3.05) is 6.61 Å². The standard InChI is InChI=1S/C19H21N3O/c1-2-8-15(9-3-1)19(14-16-10-6-7-13-23-16)22-18-12-5-4-11-17(18)20-21-22/h1-5,8-9,11-12,16,19H,6-7,10,13-14H2. The molecule has 0 N–H and O–H groups in total. The summed E-state index contributed by atoms with van der Waals surface area (Å²) in [5, 5.41) is 8.78. The minimum atomic E-state index is 0.159. The molecule has 0 amide bonds. The van der Waals surface area contributed by atoms with E-state index in [2.05, 4.69) is 51.4 Å². The van der Waals surface area contributed by atoms with Crippen molar-refractivity contribution in [3.05, 3.63) is 60.2 Å². The molecule has 0 bridgehead atoms. The average Bonchev–Trinajstić information content (AvgIpc) is 3.05. The minimum absolute atomic E-state index is 0.159. The number of nitrogens with zero attached hydrogens (tertiary/aromatic N) is 3. The van der Waals surface area contributed by atoms with E-state index in [0.29, 0.717) is 6.10 Å². The molecule has 0 radical (unpaired) electrons. The molecule has 0 aliphatic carbocycles. The number of rotatable bonds is 4. The number of ether oxygens (including phenoxy) is 1. The van der Waals surface area contributed by atoms with Crippen LogP contribution in [0.15, 0.2) is 54.6 Å². The lowest BCUT2D eigenvalue weighted by molar-refractivity contribution is 0.00476. The fourth-order valence-electron chi connectivity index (χ4n) is 3.41. The summed E-state index contributed by atoms with van der Waals surface area (Å²) < 4.78 is 8.04. The number of para-hydroxylation sites is 1.